The minimum absolute atomic E-state index is 0.139. The molecule has 5 rings (SSSR count). The van der Waals surface area contributed by atoms with Crippen LogP contribution in [0.3, 0.4) is 0 Å². The molecule has 1 amide bonds. The third kappa shape index (κ3) is 5.14. The standard InChI is InChI=1S/C24H29N5O2S/c30-22(29-15-13-28(14-16-29)12-11-27-9-3-4-10-27)18-32-24-26-25-23(31-24)21-8-7-19-5-1-2-6-20(19)17-21/h1-2,5-8,17H,3-4,9-16,18H2. The largest absolute Gasteiger partial charge is 0.411 e. The molecule has 0 saturated carbocycles. The molecular weight excluding hydrogens is 422 g/mol. The predicted molar refractivity (Wildman–Crippen MR) is 127 cm³/mol. The first kappa shape index (κ1) is 21.4. The van der Waals surface area contributed by atoms with Gasteiger partial charge in [0.25, 0.3) is 5.22 Å². The van der Waals surface area contributed by atoms with Crippen molar-refractivity contribution in [2.45, 2.75) is 18.1 Å². The van der Waals surface area contributed by atoms with E-state index in [-0.39, 0.29) is 5.91 Å². The average Bonchev–Trinajstić information content (AvgIpc) is 3.54. The Bertz CT molecular complexity index is 1060. The number of carbonyl (C=O) groups is 1. The number of fused-ring (bicyclic) bond motifs is 1. The summed E-state index contributed by atoms with van der Waals surface area (Å²) in [5.41, 5.74) is 0.888. The van der Waals surface area contributed by atoms with Gasteiger partial charge in [0.2, 0.25) is 11.8 Å². The molecule has 2 aliphatic heterocycles. The van der Waals surface area contributed by atoms with Crippen LogP contribution >= 0.6 is 11.8 Å². The van der Waals surface area contributed by atoms with Gasteiger partial charge in [-0.1, -0.05) is 42.1 Å². The number of nitrogens with zero attached hydrogens (tertiary/aromatic N) is 5. The summed E-state index contributed by atoms with van der Waals surface area (Å²) in [4.78, 5) is 19.6. The van der Waals surface area contributed by atoms with Crippen LogP contribution in [0.15, 0.2) is 52.1 Å². The Morgan fingerprint density at radius 1 is 0.875 bits per heavy atom. The van der Waals surface area contributed by atoms with Crippen LogP contribution in [-0.4, -0.2) is 88.9 Å². The lowest BCUT2D eigenvalue weighted by Gasteiger charge is -2.35. The number of carbonyl (C=O) groups excluding carboxylic acids is 1. The highest BCUT2D eigenvalue weighted by Gasteiger charge is 2.22. The van der Waals surface area contributed by atoms with Gasteiger partial charge in [0, 0.05) is 44.8 Å². The molecule has 2 aromatic carbocycles. The Labute approximate surface area is 192 Å². The van der Waals surface area contributed by atoms with E-state index in [0.29, 0.717) is 16.9 Å². The van der Waals surface area contributed by atoms with Crippen molar-refractivity contribution in [1.29, 1.82) is 0 Å². The summed E-state index contributed by atoms with van der Waals surface area (Å²) in [7, 11) is 0. The smallest absolute Gasteiger partial charge is 0.277 e. The maximum Gasteiger partial charge on any atom is 0.277 e. The lowest BCUT2D eigenvalue weighted by Crippen LogP contribution is -2.50. The van der Waals surface area contributed by atoms with Crippen LogP contribution < -0.4 is 0 Å². The monoisotopic (exact) mass is 451 g/mol. The molecule has 32 heavy (non-hydrogen) atoms. The highest BCUT2D eigenvalue weighted by atomic mass is 32.2. The van der Waals surface area contributed by atoms with E-state index in [9.17, 15) is 4.79 Å². The first-order chi connectivity index (χ1) is 15.7. The fourth-order valence-corrected chi connectivity index (χ4v) is 5.10. The Hall–Kier alpha value is -2.42. The highest BCUT2D eigenvalue weighted by Crippen LogP contribution is 2.26. The maximum absolute atomic E-state index is 12.7. The summed E-state index contributed by atoms with van der Waals surface area (Å²) in [6.45, 7) is 8.25. The van der Waals surface area contributed by atoms with Crippen molar-refractivity contribution in [2.24, 2.45) is 0 Å². The van der Waals surface area contributed by atoms with Crippen molar-refractivity contribution in [2.75, 3.05) is 58.1 Å². The zero-order chi connectivity index (χ0) is 21.8. The van der Waals surface area contributed by atoms with Crippen LogP contribution in [0.2, 0.25) is 0 Å². The molecule has 3 aromatic rings. The van der Waals surface area contributed by atoms with Gasteiger partial charge >= 0.3 is 0 Å². The molecule has 7 nitrogen and oxygen atoms in total. The Kier molecular flexibility index (Phi) is 6.71. The van der Waals surface area contributed by atoms with Crippen LogP contribution in [-0.2, 0) is 4.79 Å². The average molecular weight is 452 g/mol. The zero-order valence-electron chi connectivity index (χ0n) is 18.3. The number of hydrogen-bond donors (Lipinski definition) is 0. The fraction of sp³-hybridized carbons (Fsp3) is 0.458. The van der Waals surface area contributed by atoms with Gasteiger partial charge in [-0.2, -0.15) is 0 Å². The van der Waals surface area contributed by atoms with Gasteiger partial charge in [0.15, 0.2) is 0 Å². The number of aromatic nitrogens is 2. The number of amides is 1. The molecular formula is C24H29N5O2S. The molecule has 168 valence electrons. The second-order valence-electron chi connectivity index (χ2n) is 8.49. The Morgan fingerprint density at radius 3 is 2.38 bits per heavy atom. The first-order valence-electron chi connectivity index (χ1n) is 11.4. The highest BCUT2D eigenvalue weighted by molar-refractivity contribution is 7.99. The van der Waals surface area contributed by atoms with Crippen molar-refractivity contribution in [3.05, 3.63) is 42.5 Å². The van der Waals surface area contributed by atoms with Gasteiger partial charge < -0.3 is 14.2 Å². The summed E-state index contributed by atoms with van der Waals surface area (Å²) in [6.07, 6.45) is 2.67. The Balaban J connectivity index is 1.09. The number of likely N-dealkylation sites (tertiary alicyclic amines) is 1. The van der Waals surface area contributed by atoms with E-state index < -0.39 is 0 Å². The Morgan fingerprint density at radius 2 is 1.59 bits per heavy atom. The normalized spacial score (nSPS) is 17.9. The van der Waals surface area contributed by atoms with E-state index in [2.05, 4.69) is 38.2 Å². The molecule has 0 atom stereocenters. The number of rotatable bonds is 7. The molecule has 0 spiro atoms. The van der Waals surface area contributed by atoms with E-state index in [1.807, 2.05) is 29.2 Å². The van der Waals surface area contributed by atoms with E-state index >= 15 is 0 Å². The number of piperazine rings is 1. The molecule has 2 saturated heterocycles. The fourth-order valence-electron chi connectivity index (χ4n) is 4.43. The summed E-state index contributed by atoms with van der Waals surface area (Å²) in [5, 5.41) is 11.0. The molecule has 8 heteroatoms. The van der Waals surface area contributed by atoms with Crippen LogP contribution in [0.25, 0.3) is 22.2 Å². The SMILES string of the molecule is O=C(CSc1nnc(-c2ccc3ccccc3c2)o1)N1CCN(CCN2CCCC2)CC1. The number of benzene rings is 2. The molecule has 1 aromatic heterocycles. The third-order valence-corrected chi connectivity index (χ3v) is 7.18. The number of thioether (sulfide) groups is 1. The van der Waals surface area contributed by atoms with E-state index in [4.69, 9.17) is 4.42 Å². The van der Waals surface area contributed by atoms with Crippen LogP contribution in [0, 0.1) is 0 Å². The van der Waals surface area contributed by atoms with Crippen molar-refractivity contribution in [1.82, 2.24) is 24.9 Å². The second-order valence-corrected chi connectivity index (χ2v) is 9.42. The zero-order valence-corrected chi connectivity index (χ0v) is 19.1. The summed E-state index contributed by atoms with van der Waals surface area (Å²) in [6, 6.07) is 14.3. The molecule has 3 heterocycles. The van der Waals surface area contributed by atoms with E-state index in [0.717, 1.165) is 50.2 Å². The van der Waals surface area contributed by atoms with Gasteiger partial charge in [-0.05, 0) is 48.8 Å². The quantitative estimate of drug-likeness (QED) is 0.511. The van der Waals surface area contributed by atoms with Gasteiger partial charge in [0.05, 0.1) is 5.75 Å². The second kappa shape index (κ2) is 10.0. The third-order valence-electron chi connectivity index (χ3n) is 6.38. The van der Waals surface area contributed by atoms with Crippen molar-refractivity contribution in [3.63, 3.8) is 0 Å². The van der Waals surface area contributed by atoms with Crippen molar-refractivity contribution in [3.8, 4) is 11.5 Å². The molecule has 0 N–H and O–H groups in total. The maximum atomic E-state index is 12.7. The minimum Gasteiger partial charge on any atom is -0.411 e. The molecule has 0 bridgehead atoms. The summed E-state index contributed by atoms with van der Waals surface area (Å²) < 4.78 is 5.81. The topological polar surface area (TPSA) is 65.7 Å². The van der Waals surface area contributed by atoms with Gasteiger partial charge in [-0.3, -0.25) is 9.69 Å². The van der Waals surface area contributed by atoms with Crippen LogP contribution in [0.5, 0.6) is 0 Å². The molecule has 2 fully saturated rings. The summed E-state index contributed by atoms with van der Waals surface area (Å²) in [5.74, 6) is 0.949. The van der Waals surface area contributed by atoms with E-state index in [1.54, 1.807) is 0 Å². The summed E-state index contributed by atoms with van der Waals surface area (Å²) >= 11 is 1.32. The van der Waals surface area contributed by atoms with Crippen LogP contribution in [0.4, 0.5) is 0 Å². The lowest BCUT2D eigenvalue weighted by atomic mass is 10.1. The molecule has 0 radical (unpaired) electrons. The van der Waals surface area contributed by atoms with Crippen LogP contribution in [0.1, 0.15) is 12.8 Å². The van der Waals surface area contributed by atoms with Crippen molar-refractivity contribution < 1.29 is 9.21 Å². The number of hydrogen-bond acceptors (Lipinski definition) is 7. The van der Waals surface area contributed by atoms with Gasteiger partial charge in [0.1, 0.15) is 0 Å². The predicted octanol–water partition coefficient (Wildman–Crippen LogP) is 3.22. The molecule has 0 unspecified atom stereocenters. The van der Waals surface area contributed by atoms with Gasteiger partial charge in [-0.15, -0.1) is 10.2 Å². The minimum atomic E-state index is 0.139. The first-order valence-corrected chi connectivity index (χ1v) is 12.4. The molecule has 2 aliphatic rings. The van der Waals surface area contributed by atoms with Gasteiger partial charge in [-0.25, -0.2) is 0 Å². The molecule has 0 aliphatic carbocycles. The van der Waals surface area contributed by atoms with Crippen molar-refractivity contribution >= 4 is 28.4 Å². The lowest BCUT2D eigenvalue weighted by molar-refractivity contribution is -0.130. The van der Waals surface area contributed by atoms with E-state index in [1.165, 1.54) is 43.1 Å².